The lowest BCUT2D eigenvalue weighted by Gasteiger charge is -2.36. The van der Waals surface area contributed by atoms with Crippen LogP contribution in [0, 0.1) is 0 Å². The summed E-state index contributed by atoms with van der Waals surface area (Å²) >= 11 is 0. The summed E-state index contributed by atoms with van der Waals surface area (Å²) < 4.78 is 11.2. The molecule has 1 aliphatic carbocycles. The maximum Gasteiger partial charge on any atom is 0.252 e. The molecule has 1 N–H and O–H groups in total. The molecular weight excluding hydrogens is 354 g/mol. The lowest BCUT2D eigenvalue weighted by molar-refractivity contribution is -0.126. The van der Waals surface area contributed by atoms with Crippen LogP contribution in [0.5, 0.6) is 0 Å². The number of amides is 1. The first-order valence-corrected chi connectivity index (χ1v) is 10.4. The molecule has 0 bridgehead atoms. The van der Waals surface area contributed by atoms with Crippen LogP contribution in [0.3, 0.4) is 0 Å². The molecule has 28 heavy (non-hydrogen) atoms. The van der Waals surface area contributed by atoms with E-state index in [0.717, 1.165) is 31.2 Å². The van der Waals surface area contributed by atoms with Crippen LogP contribution in [0.2, 0.25) is 0 Å². The van der Waals surface area contributed by atoms with Gasteiger partial charge in [-0.15, -0.1) is 0 Å². The highest BCUT2D eigenvalue weighted by Gasteiger charge is 2.43. The molecular formula is C22H29N3O3. The third-order valence-corrected chi connectivity index (χ3v) is 6.01. The van der Waals surface area contributed by atoms with Crippen molar-refractivity contribution >= 4 is 5.91 Å². The van der Waals surface area contributed by atoms with Gasteiger partial charge < -0.3 is 14.6 Å². The normalized spacial score (nSPS) is 21.8. The zero-order valence-corrected chi connectivity index (χ0v) is 16.7. The number of carbonyl (C=O) groups excluding carboxylic acids is 1. The number of benzene rings is 1. The smallest absolute Gasteiger partial charge is 0.252 e. The van der Waals surface area contributed by atoms with Crippen molar-refractivity contribution in [3.63, 3.8) is 0 Å². The molecule has 2 aliphatic rings. The SMILES string of the molecule is CC(C)c1noc(C2(NC(=O)[C@H]3CCCCc4ccccc43)CCOCC2)n1. The number of fused-ring (bicyclic) bond motifs is 1. The number of aromatic nitrogens is 2. The quantitative estimate of drug-likeness (QED) is 0.812. The van der Waals surface area contributed by atoms with E-state index >= 15 is 0 Å². The lowest BCUT2D eigenvalue weighted by Crippen LogP contribution is -2.51. The van der Waals surface area contributed by atoms with E-state index in [4.69, 9.17) is 9.26 Å². The van der Waals surface area contributed by atoms with Crippen molar-refractivity contribution in [2.45, 2.75) is 69.7 Å². The monoisotopic (exact) mass is 383 g/mol. The van der Waals surface area contributed by atoms with Crippen molar-refractivity contribution in [3.05, 3.63) is 47.1 Å². The van der Waals surface area contributed by atoms with Crippen molar-refractivity contribution in [1.29, 1.82) is 0 Å². The molecule has 4 rings (SSSR count). The van der Waals surface area contributed by atoms with E-state index < -0.39 is 5.54 Å². The molecule has 0 spiro atoms. The number of aryl methyl sites for hydroxylation is 1. The molecule has 1 aromatic carbocycles. The van der Waals surface area contributed by atoms with E-state index in [1.807, 2.05) is 19.9 Å². The van der Waals surface area contributed by atoms with Gasteiger partial charge in [0.25, 0.3) is 5.89 Å². The number of ether oxygens (including phenoxy) is 1. The Morgan fingerprint density at radius 3 is 2.75 bits per heavy atom. The molecule has 1 amide bonds. The van der Waals surface area contributed by atoms with Gasteiger partial charge in [-0.25, -0.2) is 0 Å². The van der Waals surface area contributed by atoms with Gasteiger partial charge in [0, 0.05) is 32.0 Å². The fourth-order valence-corrected chi connectivity index (χ4v) is 4.29. The lowest BCUT2D eigenvalue weighted by atomic mass is 9.86. The fourth-order valence-electron chi connectivity index (χ4n) is 4.29. The number of carbonyl (C=O) groups is 1. The van der Waals surface area contributed by atoms with Crippen LogP contribution >= 0.6 is 0 Å². The number of nitrogens with one attached hydrogen (secondary N) is 1. The van der Waals surface area contributed by atoms with Gasteiger partial charge in [-0.1, -0.05) is 49.7 Å². The molecule has 2 aromatic rings. The first-order chi connectivity index (χ1) is 13.6. The number of nitrogens with zero attached hydrogens (tertiary/aromatic N) is 2. The van der Waals surface area contributed by atoms with Crippen LogP contribution in [-0.4, -0.2) is 29.3 Å². The van der Waals surface area contributed by atoms with E-state index in [0.29, 0.717) is 37.8 Å². The molecule has 150 valence electrons. The van der Waals surface area contributed by atoms with E-state index in [2.05, 4.69) is 33.7 Å². The first-order valence-electron chi connectivity index (χ1n) is 10.4. The zero-order chi connectivity index (χ0) is 19.6. The summed E-state index contributed by atoms with van der Waals surface area (Å²) in [4.78, 5) is 18.1. The highest BCUT2D eigenvalue weighted by atomic mass is 16.5. The Kier molecular flexibility index (Phi) is 5.49. The van der Waals surface area contributed by atoms with Crippen molar-refractivity contribution in [1.82, 2.24) is 15.5 Å². The standard InChI is InChI=1S/C22H29N3O3/c1-15(2)19-23-21(28-25-19)22(11-13-27-14-12-22)24-20(26)18-10-6-4-8-16-7-3-5-9-17(16)18/h3,5,7,9,15,18H,4,6,8,10-14H2,1-2H3,(H,24,26)/t18-/m0/s1. The van der Waals surface area contributed by atoms with E-state index in [1.54, 1.807) is 0 Å². The average molecular weight is 383 g/mol. The Hall–Kier alpha value is -2.21. The van der Waals surface area contributed by atoms with E-state index in [9.17, 15) is 4.79 Å². The van der Waals surface area contributed by atoms with Gasteiger partial charge in [-0.05, 0) is 30.4 Å². The summed E-state index contributed by atoms with van der Waals surface area (Å²) in [6.45, 7) is 5.21. The fraction of sp³-hybridized carbons (Fsp3) is 0.591. The number of hydrogen-bond acceptors (Lipinski definition) is 5. The molecule has 0 unspecified atom stereocenters. The summed E-state index contributed by atoms with van der Waals surface area (Å²) in [5, 5.41) is 7.45. The summed E-state index contributed by atoms with van der Waals surface area (Å²) in [5.74, 6) is 1.29. The molecule has 6 heteroatoms. The summed E-state index contributed by atoms with van der Waals surface area (Å²) in [6.07, 6.45) is 5.39. The molecule has 6 nitrogen and oxygen atoms in total. The highest BCUT2D eigenvalue weighted by molar-refractivity contribution is 5.85. The molecule has 0 saturated carbocycles. The van der Waals surface area contributed by atoms with Gasteiger partial charge in [0.15, 0.2) is 5.82 Å². The minimum Gasteiger partial charge on any atom is -0.381 e. The van der Waals surface area contributed by atoms with Gasteiger partial charge in [-0.3, -0.25) is 4.79 Å². The van der Waals surface area contributed by atoms with Gasteiger partial charge in [0.2, 0.25) is 5.91 Å². The second kappa shape index (κ2) is 8.03. The Morgan fingerprint density at radius 1 is 1.21 bits per heavy atom. The zero-order valence-electron chi connectivity index (χ0n) is 16.7. The number of rotatable bonds is 4. The van der Waals surface area contributed by atoms with Crippen LogP contribution in [0.1, 0.15) is 80.6 Å². The Bertz CT molecular complexity index is 824. The van der Waals surface area contributed by atoms with Crippen molar-refractivity contribution < 1.29 is 14.1 Å². The third kappa shape index (κ3) is 3.70. The largest absolute Gasteiger partial charge is 0.381 e. The van der Waals surface area contributed by atoms with Crippen molar-refractivity contribution in [2.75, 3.05) is 13.2 Å². The Morgan fingerprint density at radius 2 is 2.00 bits per heavy atom. The predicted molar refractivity (Wildman–Crippen MR) is 105 cm³/mol. The Balaban J connectivity index is 1.63. The van der Waals surface area contributed by atoms with Crippen LogP contribution in [0.4, 0.5) is 0 Å². The maximum atomic E-state index is 13.5. The van der Waals surface area contributed by atoms with Gasteiger partial charge >= 0.3 is 0 Å². The first kappa shape index (κ1) is 19.1. The molecule has 1 saturated heterocycles. The molecule has 1 atom stereocenters. The minimum atomic E-state index is -0.642. The topological polar surface area (TPSA) is 77.2 Å². The molecule has 0 radical (unpaired) electrons. The maximum absolute atomic E-state index is 13.5. The third-order valence-electron chi connectivity index (χ3n) is 6.01. The summed E-state index contributed by atoms with van der Waals surface area (Å²) in [6, 6.07) is 8.34. The average Bonchev–Trinajstić information content (AvgIpc) is 3.11. The second-order valence-electron chi connectivity index (χ2n) is 8.29. The van der Waals surface area contributed by atoms with Crippen LogP contribution in [0.25, 0.3) is 0 Å². The molecule has 1 aromatic heterocycles. The second-order valence-corrected chi connectivity index (χ2v) is 8.29. The molecule has 1 aliphatic heterocycles. The van der Waals surface area contributed by atoms with Crippen LogP contribution < -0.4 is 5.32 Å². The van der Waals surface area contributed by atoms with Crippen LogP contribution in [0.15, 0.2) is 28.8 Å². The van der Waals surface area contributed by atoms with Crippen molar-refractivity contribution in [2.24, 2.45) is 0 Å². The van der Waals surface area contributed by atoms with Gasteiger partial charge in [0.1, 0.15) is 5.54 Å². The van der Waals surface area contributed by atoms with Crippen molar-refractivity contribution in [3.8, 4) is 0 Å². The van der Waals surface area contributed by atoms with Crippen LogP contribution in [-0.2, 0) is 21.5 Å². The predicted octanol–water partition coefficient (Wildman–Crippen LogP) is 3.83. The van der Waals surface area contributed by atoms with Gasteiger partial charge in [-0.2, -0.15) is 4.98 Å². The van der Waals surface area contributed by atoms with Gasteiger partial charge in [0.05, 0.1) is 5.92 Å². The van der Waals surface area contributed by atoms with E-state index in [-0.39, 0.29) is 17.7 Å². The summed E-state index contributed by atoms with van der Waals surface area (Å²) in [7, 11) is 0. The van der Waals surface area contributed by atoms with E-state index in [1.165, 1.54) is 5.56 Å². The summed E-state index contributed by atoms with van der Waals surface area (Å²) in [5.41, 5.74) is 1.81. The number of hydrogen-bond donors (Lipinski definition) is 1. The molecule has 1 fully saturated rings. The Labute approximate surface area is 166 Å². The highest BCUT2D eigenvalue weighted by Crippen LogP contribution is 2.35. The minimum absolute atomic E-state index is 0.0561. The molecule has 2 heterocycles.